The Morgan fingerprint density at radius 2 is 1.67 bits per heavy atom. The number of hydrogen-bond acceptors (Lipinski definition) is 3. The lowest BCUT2D eigenvalue weighted by molar-refractivity contribution is -0.119. The first kappa shape index (κ1) is 16.1. The van der Waals surface area contributed by atoms with Crippen molar-refractivity contribution in [1.29, 1.82) is 0 Å². The Labute approximate surface area is 141 Å². The van der Waals surface area contributed by atoms with Crippen LogP contribution in [-0.2, 0) is 9.53 Å². The number of carbonyl (C=O) groups excluding carboxylic acids is 2. The van der Waals surface area contributed by atoms with E-state index in [4.69, 9.17) is 4.74 Å². The van der Waals surface area contributed by atoms with Gasteiger partial charge in [-0.1, -0.05) is 36.4 Å². The zero-order chi connectivity index (χ0) is 17.3. The first-order valence-corrected chi connectivity index (χ1v) is 7.84. The first-order chi connectivity index (χ1) is 11.4. The summed E-state index contributed by atoms with van der Waals surface area (Å²) in [5, 5.41) is 2.69. The second kappa shape index (κ2) is 6.00. The minimum absolute atomic E-state index is 0.201. The van der Waals surface area contributed by atoms with Crippen molar-refractivity contribution in [2.75, 3.05) is 4.90 Å². The fourth-order valence-electron chi connectivity index (χ4n) is 2.72. The molecule has 1 aliphatic rings. The van der Waals surface area contributed by atoms with E-state index in [0.29, 0.717) is 0 Å². The SMILES string of the molecule is CC(C)(C)OC(=O)NC1C(=O)N(c2ccccc2)c2ccccc21. The molecule has 1 N–H and O–H groups in total. The van der Waals surface area contributed by atoms with Crippen molar-refractivity contribution in [2.24, 2.45) is 0 Å². The largest absolute Gasteiger partial charge is 0.444 e. The number of benzene rings is 2. The number of alkyl carbamates (subject to hydrolysis) is 1. The molecule has 1 atom stereocenters. The molecule has 0 radical (unpaired) electrons. The van der Waals surface area contributed by atoms with Gasteiger partial charge in [0.2, 0.25) is 0 Å². The molecule has 1 unspecified atom stereocenters. The topological polar surface area (TPSA) is 58.6 Å². The van der Waals surface area contributed by atoms with E-state index in [2.05, 4.69) is 5.32 Å². The number of amides is 2. The Morgan fingerprint density at radius 1 is 1.04 bits per heavy atom. The minimum Gasteiger partial charge on any atom is -0.444 e. The third-order valence-electron chi connectivity index (χ3n) is 3.63. The van der Waals surface area contributed by atoms with Crippen molar-refractivity contribution in [2.45, 2.75) is 32.4 Å². The number of para-hydroxylation sites is 2. The van der Waals surface area contributed by atoms with E-state index in [1.54, 1.807) is 25.7 Å². The van der Waals surface area contributed by atoms with E-state index in [0.717, 1.165) is 16.9 Å². The molecule has 0 spiro atoms. The summed E-state index contributed by atoms with van der Waals surface area (Å²) in [6, 6.07) is 16.1. The Morgan fingerprint density at radius 3 is 2.33 bits per heavy atom. The normalized spacial score (nSPS) is 16.7. The number of hydrogen-bond donors (Lipinski definition) is 1. The van der Waals surface area contributed by atoms with Crippen LogP contribution in [0.25, 0.3) is 0 Å². The number of ether oxygens (including phenoxy) is 1. The molecule has 0 aliphatic carbocycles. The molecular formula is C19H20N2O3. The van der Waals surface area contributed by atoms with Crippen LogP contribution < -0.4 is 10.2 Å². The summed E-state index contributed by atoms with van der Waals surface area (Å²) in [6.45, 7) is 5.35. The van der Waals surface area contributed by atoms with Crippen LogP contribution in [0.15, 0.2) is 54.6 Å². The molecule has 0 saturated heterocycles. The number of nitrogens with one attached hydrogen (secondary N) is 1. The molecule has 0 saturated carbocycles. The van der Waals surface area contributed by atoms with Gasteiger partial charge in [0.15, 0.2) is 0 Å². The van der Waals surface area contributed by atoms with Gasteiger partial charge in [-0.3, -0.25) is 9.69 Å². The maximum absolute atomic E-state index is 12.9. The van der Waals surface area contributed by atoms with Gasteiger partial charge in [0.1, 0.15) is 11.6 Å². The summed E-state index contributed by atoms with van der Waals surface area (Å²) < 4.78 is 5.28. The first-order valence-electron chi connectivity index (χ1n) is 7.84. The lowest BCUT2D eigenvalue weighted by Gasteiger charge is -2.22. The summed E-state index contributed by atoms with van der Waals surface area (Å²) in [6.07, 6.45) is -0.606. The fraction of sp³-hybridized carbons (Fsp3) is 0.263. The van der Waals surface area contributed by atoms with Crippen LogP contribution in [-0.4, -0.2) is 17.6 Å². The quantitative estimate of drug-likeness (QED) is 0.910. The van der Waals surface area contributed by atoms with Crippen LogP contribution in [0.1, 0.15) is 32.4 Å². The molecule has 0 bridgehead atoms. The lowest BCUT2D eigenvalue weighted by Crippen LogP contribution is -2.39. The molecule has 1 aliphatic heterocycles. The van der Waals surface area contributed by atoms with Gasteiger partial charge >= 0.3 is 6.09 Å². The van der Waals surface area contributed by atoms with Gasteiger partial charge < -0.3 is 10.1 Å². The van der Waals surface area contributed by atoms with E-state index in [9.17, 15) is 9.59 Å². The van der Waals surface area contributed by atoms with Gasteiger partial charge in [-0.2, -0.15) is 0 Å². The molecule has 0 fully saturated rings. The molecule has 1 heterocycles. The van der Waals surface area contributed by atoms with Crippen LogP contribution >= 0.6 is 0 Å². The lowest BCUT2D eigenvalue weighted by atomic mass is 10.1. The number of fused-ring (bicyclic) bond motifs is 1. The second-order valence-corrected chi connectivity index (χ2v) is 6.65. The van der Waals surface area contributed by atoms with Crippen LogP contribution in [0.3, 0.4) is 0 Å². The number of carbonyl (C=O) groups is 2. The average Bonchev–Trinajstić information content (AvgIpc) is 2.79. The highest BCUT2D eigenvalue weighted by Crippen LogP contribution is 2.40. The van der Waals surface area contributed by atoms with E-state index in [-0.39, 0.29) is 5.91 Å². The van der Waals surface area contributed by atoms with Gasteiger partial charge in [0.25, 0.3) is 5.91 Å². The maximum atomic E-state index is 12.9. The maximum Gasteiger partial charge on any atom is 0.408 e. The van der Waals surface area contributed by atoms with E-state index >= 15 is 0 Å². The van der Waals surface area contributed by atoms with E-state index in [1.807, 2.05) is 54.6 Å². The predicted octanol–water partition coefficient (Wildman–Crippen LogP) is 3.93. The van der Waals surface area contributed by atoms with Crippen molar-refractivity contribution >= 4 is 23.4 Å². The summed E-state index contributed by atoms with van der Waals surface area (Å²) in [4.78, 5) is 26.7. The summed E-state index contributed by atoms with van der Waals surface area (Å²) in [7, 11) is 0. The van der Waals surface area contributed by atoms with Gasteiger partial charge in [-0.15, -0.1) is 0 Å². The third-order valence-corrected chi connectivity index (χ3v) is 3.63. The molecule has 124 valence electrons. The predicted molar refractivity (Wildman–Crippen MR) is 92.1 cm³/mol. The average molecular weight is 324 g/mol. The van der Waals surface area contributed by atoms with E-state index in [1.165, 1.54) is 0 Å². The minimum atomic E-state index is -0.753. The van der Waals surface area contributed by atoms with Gasteiger partial charge in [-0.25, -0.2) is 4.79 Å². The van der Waals surface area contributed by atoms with Crippen molar-refractivity contribution in [3.05, 3.63) is 60.2 Å². The Kier molecular flexibility index (Phi) is 4.01. The van der Waals surface area contributed by atoms with Crippen molar-refractivity contribution < 1.29 is 14.3 Å². The van der Waals surface area contributed by atoms with Gasteiger partial charge in [-0.05, 0) is 39.0 Å². The molecular weight excluding hydrogens is 304 g/mol. The highest BCUT2D eigenvalue weighted by Gasteiger charge is 2.39. The monoisotopic (exact) mass is 324 g/mol. The number of anilines is 2. The van der Waals surface area contributed by atoms with Gasteiger partial charge in [0, 0.05) is 11.3 Å². The smallest absolute Gasteiger partial charge is 0.408 e. The van der Waals surface area contributed by atoms with Crippen molar-refractivity contribution in [1.82, 2.24) is 5.32 Å². The molecule has 2 amide bonds. The Bertz CT molecular complexity index is 766. The summed E-state index contributed by atoms with van der Waals surface area (Å²) in [5.41, 5.74) is 1.68. The molecule has 2 aromatic carbocycles. The molecule has 24 heavy (non-hydrogen) atoms. The zero-order valence-corrected chi connectivity index (χ0v) is 13.9. The van der Waals surface area contributed by atoms with E-state index < -0.39 is 17.7 Å². The Hall–Kier alpha value is -2.82. The standard InChI is InChI=1S/C19H20N2O3/c1-19(2,3)24-18(23)20-16-14-11-7-8-12-15(14)21(17(16)22)13-9-5-4-6-10-13/h4-12,16H,1-3H3,(H,20,23). The molecule has 2 aromatic rings. The molecule has 5 heteroatoms. The fourth-order valence-corrected chi connectivity index (χ4v) is 2.72. The number of rotatable bonds is 2. The van der Waals surface area contributed by atoms with Crippen molar-refractivity contribution in [3.8, 4) is 0 Å². The number of nitrogens with zero attached hydrogens (tertiary/aromatic N) is 1. The highest BCUT2D eigenvalue weighted by atomic mass is 16.6. The van der Waals surface area contributed by atoms with Crippen LogP contribution in [0.4, 0.5) is 16.2 Å². The second-order valence-electron chi connectivity index (χ2n) is 6.65. The molecule has 5 nitrogen and oxygen atoms in total. The highest BCUT2D eigenvalue weighted by molar-refractivity contribution is 6.10. The summed E-state index contributed by atoms with van der Waals surface area (Å²) in [5.74, 6) is -0.201. The van der Waals surface area contributed by atoms with Crippen LogP contribution in [0.5, 0.6) is 0 Å². The zero-order valence-electron chi connectivity index (χ0n) is 13.9. The molecule has 3 rings (SSSR count). The Balaban J connectivity index is 1.92. The summed E-state index contributed by atoms with van der Waals surface area (Å²) >= 11 is 0. The van der Waals surface area contributed by atoms with Crippen LogP contribution in [0.2, 0.25) is 0 Å². The van der Waals surface area contributed by atoms with Crippen LogP contribution in [0, 0.1) is 0 Å². The van der Waals surface area contributed by atoms with Gasteiger partial charge in [0.05, 0.1) is 5.69 Å². The third kappa shape index (κ3) is 3.11. The van der Waals surface area contributed by atoms with Crippen molar-refractivity contribution in [3.63, 3.8) is 0 Å². The molecule has 0 aromatic heterocycles.